The first-order valence-electron chi connectivity index (χ1n) is 13.2. The molecule has 3 rings (SSSR count). The summed E-state index contributed by atoms with van der Waals surface area (Å²) in [6.07, 6.45) is 10.6. The number of benzene rings is 1. The number of hydrogen-bond donors (Lipinski definition) is 2. The Kier molecular flexibility index (Phi) is 9.55. The van der Waals surface area contributed by atoms with Gasteiger partial charge >= 0.3 is 5.97 Å². The molecule has 0 saturated heterocycles. The first-order valence-corrected chi connectivity index (χ1v) is 13.2. The number of primary amides is 1. The van der Waals surface area contributed by atoms with Gasteiger partial charge in [-0.15, -0.1) is 0 Å². The van der Waals surface area contributed by atoms with Crippen molar-refractivity contribution in [2.45, 2.75) is 95.6 Å². The van der Waals surface area contributed by atoms with E-state index in [4.69, 9.17) is 15.2 Å². The number of carbonyl (C=O) groups is 2. The number of esters is 1. The normalized spacial score (nSPS) is 23.2. The predicted molar refractivity (Wildman–Crippen MR) is 135 cm³/mol. The molecule has 0 spiro atoms. The first kappa shape index (κ1) is 26.7. The molecule has 0 bridgehead atoms. The van der Waals surface area contributed by atoms with Crippen LogP contribution in [0.2, 0.25) is 0 Å². The Morgan fingerprint density at radius 1 is 1.15 bits per heavy atom. The monoisotopic (exact) mass is 472 g/mol. The quantitative estimate of drug-likeness (QED) is 0.462. The van der Waals surface area contributed by atoms with Crippen LogP contribution in [0.15, 0.2) is 18.2 Å². The molecule has 1 saturated carbocycles. The molecule has 3 atom stereocenters. The van der Waals surface area contributed by atoms with Crippen molar-refractivity contribution >= 4 is 11.9 Å². The third-order valence-corrected chi connectivity index (χ3v) is 8.62. The van der Waals surface area contributed by atoms with Crippen molar-refractivity contribution < 1.29 is 19.1 Å². The molecule has 1 fully saturated rings. The second-order valence-electron chi connectivity index (χ2n) is 10.3. The average Bonchev–Trinajstić information content (AvgIpc) is 2.87. The summed E-state index contributed by atoms with van der Waals surface area (Å²) in [5.74, 6) is 0.0687. The van der Waals surface area contributed by atoms with E-state index in [2.05, 4.69) is 19.2 Å². The minimum atomic E-state index is -0.397. The van der Waals surface area contributed by atoms with Crippen LogP contribution >= 0.6 is 0 Å². The molecule has 1 amide bonds. The van der Waals surface area contributed by atoms with Gasteiger partial charge in [0.25, 0.3) is 0 Å². The maximum absolute atomic E-state index is 12.6. The standard InChI is InChI=1S/C28H44N2O4/c1-5-28(6-2)23-17-21(26(29)31)13-12-20(23)18-24(33-3)25(28)30-15-14-22(27(32)34-4)16-19-10-8-7-9-11-19/h12-13,17,19,22,24-25,30H,5-11,14-16,18H2,1-4H3,(H2,29,31)/t22-,24+,25+/m1/s1. The molecule has 190 valence electrons. The number of ether oxygens (including phenoxy) is 2. The molecule has 0 aromatic heterocycles. The number of amides is 1. The minimum Gasteiger partial charge on any atom is -0.469 e. The van der Waals surface area contributed by atoms with Crippen LogP contribution < -0.4 is 11.1 Å². The van der Waals surface area contributed by atoms with E-state index >= 15 is 0 Å². The van der Waals surface area contributed by atoms with Crippen LogP contribution in [0, 0.1) is 11.8 Å². The number of methoxy groups -OCH3 is 2. The fraction of sp³-hybridized carbons (Fsp3) is 0.714. The van der Waals surface area contributed by atoms with Gasteiger partial charge in [-0.3, -0.25) is 9.59 Å². The van der Waals surface area contributed by atoms with Gasteiger partial charge in [-0.25, -0.2) is 0 Å². The van der Waals surface area contributed by atoms with Crippen LogP contribution in [-0.4, -0.2) is 44.8 Å². The SMILES string of the molecule is CCC1(CC)c2cc(C(N)=O)ccc2C[C@H](OC)[C@@H]1NCC[C@H](CC1CCCCC1)C(=O)OC. The lowest BCUT2D eigenvalue weighted by Gasteiger charge is -2.49. The van der Waals surface area contributed by atoms with Crippen LogP contribution in [0.4, 0.5) is 0 Å². The van der Waals surface area contributed by atoms with Crippen molar-refractivity contribution in [3.63, 3.8) is 0 Å². The van der Waals surface area contributed by atoms with Crippen molar-refractivity contribution in [2.24, 2.45) is 17.6 Å². The zero-order valence-electron chi connectivity index (χ0n) is 21.5. The highest BCUT2D eigenvalue weighted by atomic mass is 16.5. The first-order chi connectivity index (χ1) is 16.4. The summed E-state index contributed by atoms with van der Waals surface area (Å²) in [5.41, 5.74) is 8.42. The van der Waals surface area contributed by atoms with Crippen LogP contribution in [0.3, 0.4) is 0 Å². The smallest absolute Gasteiger partial charge is 0.308 e. The Morgan fingerprint density at radius 3 is 2.44 bits per heavy atom. The molecule has 6 heteroatoms. The van der Waals surface area contributed by atoms with Crippen LogP contribution in [0.25, 0.3) is 0 Å². The Morgan fingerprint density at radius 2 is 1.85 bits per heavy atom. The zero-order chi connectivity index (χ0) is 24.7. The predicted octanol–water partition coefficient (Wildman–Crippen LogP) is 4.52. The van der Waals surface area contributed by atoms with Crippen molar-refractivity contribution in [1.82, 2.24) is 5.32 Å². The van der Waals surface area contributed by atoms with Crippen molar-refractivity contribution in [1.29, 1.82) is 0 Å². The number of rotatable bonds is 11. The van der Waals surface area contributed by atoms with E-state index < -0.39 is 5.91 Å². The second kappa shape index (κ2) is 12.2. The maximum Gasteiger partial charge on any atom is 0.308 e. The summed E-state index contributed by atoms with van der Waals surface area (Å²) in [6.45, 7) is 5.14. The summed E-state index contributed by atoms with van der Waals surface area (Å²) < 4.78 is 11.2. The summed E-state index contributed by atoms with van der Waals surface area (Å²) in [5, 5.41) is 3.80. The van der Waals surface area contributed by atoms with Gasteiger partial charge in [-0.2, -0.15) is 0 Å². The van der Waals surface area contributed by atoms with E-state index in [9.17, 15) is 9.59 Å². The number of hydrogen-bond acceptors (Lipinski definition) is 5. The van der Waals surface area contributed by atoms with Crippen LogP contribution in [0.5, 0.6) is 0 Å². The molecular weight excluding hydrogens is 428 g/mol. The number of nitrogens with two attached hydrogens (primary N) is 1. The van der Waals surface area contributed by atoms with Crippen molar-refractivity contribution in [3.05, 3.63) is 34.9 Å². The lowest BCUT2D eigenvalue weighted by molar-refractivity contribution is -0.146. The number of carbonyl (C=O) groups excluding carboxylic acids is 2. The van der Waals surface area contributed by atoms with Gasteiger partial charge in [0, 0.05) is 30.6 Å². The fourth-order valence-corrected chi connectivity index (χ4v) is 6.58. The highest BCUT2D eigenvalue weighted by Crippen LogP contribution is 2.44. The van der Waals surface area contributed by atoms with Crippen molar-refractivity contribution in [3.8, 4) is 0 Å². The van der Waals surface area contributed by atoms with E-state index in [-0.39, 0.29) is 29.4 Å². The molecule has 1 aromatic rings. The van der Waals surface area contributed by atoms with Crippen LogP contribution in [0.1, 0.15) is 93.1 Å². The molecule has 0 heterocycles. The molecule has 0 aliphatic heterocycles. The van der Waals surface area contributed by atoms with E-state index in [1.165, 1.54) is 50.3 Å². The summed E-state index contributed by atoms with van der Waals surface area (Å²) in [4.78, 5) is 24.5. The van der Waals surface area contributed by atoms with Gasteiger partial charge < -0.3 is 20.5 Å². The third kappa shape index (κ3) is 5.65. The number of fused-ring (bicyclic) bond motifs is 1. The Bertz CT molecular complexity index is 830. The molecule has 1 aromatic carbocycles. The van der Waals surface area contributed by atoms with Gasteiger partial charge in [0.15, 0.2) is 0 Å². The second-order valence-corrected chi connectivity index (χ2v) is 10.3. The van der Waals surface area contributed by atoms with E-state index in [0.717, 1.165) is 38.6 Å². The topological polar surface area (TPSA) is 90.7 Å². The van der Waals surface area contributed by atoms with E-state index in [0.29, 0.717) is 11.5 Å². The molecule has 0 unspecified atom stereocenters. The average molecular weight is 473 g/mol. The van der Waals surface area contributed by atoms with Gasteiger partial charge in [0.1, 0.15) is 0 Å². The molecule has 0 radical (unpaired) electrons. The van der Waals surface area contributed by atoms with Gasteiger partial charge in [-0.1, -0.05) is 52.0 Å². The van der Waals surface area contributed by atoms with Gasteiger partial charge in [0.2, 0.25) is 5.91 Å². The highest BCUT2D eigenvalue weighted by Gasteiger charge is 2.46. The summed E-state index contributed by atoms with van der Waals surface area (Å²) in [7, 11) is 3.27. The van der Waals surface area contributed by atoms with Crippen LogP contribution in [-0.2, 0) is 26.1 Å². The van der Waals surface area contributed by atoms with Gasteiger partial charge in [0.05, 0.1) is 19.1 Å². The maximum atomic E-state index is 12.6. The largest absolute Gasteiger partial charge is 0.469 e. The fourth-order valence-electron chi connectivity index (χ4n) is 6.58. The minimum absolute atomic E-state index is 0.0155. The Hall–Kier alpha value is -1.92. The zero-order valence-corrected chi connectivity index (χ0v) is 21.5. The Labute approximate surface area is 205 Å². The molecule has 2 aliphatic carbocycles. The highest BCUT2D eigenvalue weighted by molar-refractivity contribution is 5.93. The lowest BCUT2D eigenvalue weighted by atomic mass is 9.62. The molecule has 6 nitrogen and oxygen atoms in total. The Balaban J connectivity index is 1.79. The van der Waals surface area contributed by atoms with Crippen molar-refractivity contribution in [2.75, 3.05) is 20.8 Å². The van der Waals surface area contributed by atoms with Gasteiger partial charge in [-0.05, 0) is 61.4 Å². The number of nitrogens with one attached hydrogen (secondary N) is 1. The lowest BCUT2D eigenvalue weighted by Crippen LogP contribution is -2.59. The molecular formula is C28H44N2O4. The molecule has 3 N–H and O–H groups in total. The van der Waals surface area contributed by atoms with E-state index in [1.807, 2.05) is 18.2 Å². The molecule has 34 heavy (non-hydrogen) atoms. The summed E-state index contributed by atoms with van der Waals surface area (Å²) in [6, 6.07) is 5.93. The molecule has 2 aliphatic rings. The van der Waals surface area contributed by atoms with E-state index in [1.54, 1.807) is 7.11 Å². The summed E-state index contributed by atoms with van der Waals surface area (Å²) >= 11 is 0. The third-order valence-electron chi connectivity index (χ3n) is 8.62.